The molecular formula is C19H17BrN4O. The summed E-state index contributed by atoms with van der Waals surface area (Å²) in [5.41, 5.74) is 5.99. The summed E-state index contributed by atoms with van der Waals surface area (Å²) in [4.78, 5) is 12.1. The first-order chi connectivity index (χ1) is 12.1. The van der Waals surface area contributed by atoms with Crippen molar-refractivity contribution in [2.75, 3.05) is 0 Å². The van der Waals surface area contributed by atoms with Gasteiger partial charge in [-0.25, -0.2) is 5.43 Å². The average molecular weight is 397 g/mol. The third kappa shape index (κ3) is 4.64. The number of aromatic nitrogens is 2. The van der Waals surface area contributed by atoms with Crippen LogP contribution in [0.15, 0.2) is 70.4 Å². The van der Waals surface area contributed by atoms with Crippen LogP contribution < -0.4 is 5.43 Å². The highest BCUT2D eigenvalue weighted by molar-refractivity contribution is 9.10. The summed E-state index contributed by atoms with van der Waals surface area (Å²) in [7, 11) is 0. The van der Waals surface area contributed by atoms with Crippen LogP contribution in [0.3, 0.4) is 0 Å². The Hall–Kier alpha value is -2.73. The van der Waals surface area contributed by atoms with E-state index in [0.29, 0.717) is 12.2 Å². The number of rotatable bonds is 5. The van der Waals surface area contributed by atoms with E-state index in [9.17, 15) is 4.79 Å². The second-order valence-electron chi connectivity index (χ2n) is 5.58. The van der Waals surface area contributed by atoms with Gasteiger partial charge in [-0.15, -0.1) is 0 Å². The van der Waals surface area contributed by atoms with Gasteiger partial charge in [0.1, 0.15) is 0 Å². The Morgan fingerprint density at radius 2 is 2.08 bits per heavy atom. The van der Waals surface area contributed by atoms with Gasteiger partial charge in [0.25, 0.3) is 5.91 Å². The van der Waals surface area contributed by atoms with E-state index < -0.39 is 0 Å². The van der Waals surface area contributed by atoms with Crippen molar-refractivity contribution in [1.29, 1.82) is 0 Å². The summed E-state index contributed by atoms with van der Waals surface area (Å²) in [6.45, 7) is 2.59. The Balaban J connectivity index is 1.62. The fourth-order valence-corrected chi connectivity index (χ4v) is 2.79. The number of hydrogen-bond acceptors (Lipinski definition) is 3. The van der Waals surface area contributed by atoms with Gasteiger partial charge >= 0.3 is 0 Å². The summed E-state index contributed by atoms with van der Waals surface area (Å²) in [6.07, 6.45) is 3.41. The van der Waals surface area contributed by atoms with Gasteiger partial charge in [-0.05, 0) is 41.8 Å². The predicted molar refractivity (Wildman–Crippen MR) is 102 cm³/mol. The molecule has 0 aliphatic rings. The number of carbonyl (C=O) groups excluding carboxylic acids is 1. The molecule has 0 atom stereocenters. The smallest absolute Gasteiger partial charge is 0.268 e. The molecule has 3 aromatic rings. The molecule has 0 saturated heterocycles. The van der Waals surface area contributed by atoms with Crippen molar-refractivity contribution in [3.05, 3.63) is 87.7 Å². The number of hydrogen-bond donors (Lipinski definition) is 1. The van der Waals surface area contributed by atoms with Crippen molar-refractivity contribution in [3.8, 4) is 0 Å². The zero-order valence-electron chi connectivity index (χ0n) is 13.7. The molecule has 1 amide bonds. The minimum absolute atomic E-state index is 0.330. The highest BCUT2D eigenvalue weighted by Crippen LogP contribution is 2.12. The van der Waals surface area contributed by atoms with E-state index >= 15 is 0 Å². The molecule has 5 nitrogen and oxygen atoms in total. The quantitative estimate of drug-likeness (QED) is 0.527. The number of nitrogens with zero attached hydrogens (tertiary/aromatic N) is 3. The van der Waals surface area contributed by atoms with E-state index in [0.717, 1.165) is 21.2 Å². The Morgan fingerprint density at radius 1 is 1.24 bits per heavy atom. The van der Waals surface area contributed by atoms with E-state index in [1.54, 1.807) is 23.2 Å². The standard InChI is InChI=1S/C19H17BrN4O/c1-14-5-2-3-7-16(14)12-21-22-19(25)18-9-10-24(23-18)13-15-6-4-8-17(20)11-15/h2-12H,13H2,1H3,(H,22,25). The molecule has 2 aromatic carbocycles. The molecular weight excluding hydrogens is 380 g/mol. The van der Waals surface area contributed by atoms with Crippen molar-refractivity contribution in [2.24, 2.45) is 5.10 Å². The molecule has 126 valence electrons. The highest BCUT2D eigenvalue weighted by Gasteiger charge is 2.08. The van der Waals surface area contributed by atoms with Gasteiger partial charge in [0.2, 0.25) is 0 Å². The number of benzene rings is 2. The summed E-state index contributed by atoms with van der Waals surface area (Å²) in [6, 6.07) is 17.5. The van der Waals surface area contributed by atoms with Crippen molar-refractivity contribution >= 4 is 28.1 Å². The maximum absolute atomic E-state index is 12.1. The summed E-state index contributed by atoms with van der Waals surface area (Å²) >= 11 is 3.45. The maximum atomic E-state index is 12.1. The predicted octanol–water partition coefficient (Wildman–Crippen LogP) is 3.77. The van der Waals surface area contributed by atoms with Crippen molar-refractivity contribution < 1.29 is 4.79 Å². The number of nitrogens with one attached hydrogen (secondary N) is 1. The van der Waals surface area contributed by atoms with Gasteiger partial charge in [-0.2, -0.15) is 10.2 Å². The summed E-state index contributed by atoms with van der Waals surface area (Å²) in [5, 5.41) is 8.30. The highest BCUT2D eigenvalue weighted by atomic mass is 79.9. The zero-order chi connectivity index (χ0) is 17.6. The molecule has 0 fully saturated rings. The molecule has 0 aliphatic heterocycles. The van der Waals surface area contributed by atoms with E-state index in [2.05, 4.69) is 31.6 Å². The lowest BCUT2D eigenvalue weighted by molar-refractivity contribution is 0.0949. The van der Waals surface area contributed by atoms with Crippen LogP contribution in [0.25, 0.3) is 0 Å². The van der Waals surface area contributed by atoms with E-state index in [4.69, 9.17) is 0 Å². The number of halogens is 1. The largest absolute Gasteiger partial charge is 0.291 e. The molecule has 6 heteroatoms. The van der Waals surface area contributed by atoms with Crippen molar-refractivity contribution in [1.82, 2.24) is 15.2 Å². The third-order valence-electron chi connectivity index (χ3n) is 3.67. The molecule has 1 aromatic heterocycles. The molecule has 3 rings (SSSR count). The average Bonchev–Trinajstić information content (AvgIpc) is 3.05. The van der Waals surface area contributed by atoms with Gasteiger partial charge in [0, 0.05) is 10.7 Å². The first kappa shape index (κ1) is 17.1. The van der Waals surface area contributed by atoms with Crippen LogP contribution in [-0.4, -0.2) is 21.9 Å². The molecule has 25 heavy (non-hydrogen) atoms. The van der Waals surface area contributed by atoms with Gasteiger partial charge < -0.3 is 0 Å². The summed E-state index contributed by atoms with van der Waals surface area (Å²) < 4.78 is 2.74. The fraction of sp³-hybridized carbons (Fsp3) is 0.105. The summed E-state index contributed by atoms with van der Waals surface area (Å²) in [5.74, 6) is -0.335. The number of hydrazone groups is 1. The normalized spacial score (nSPS) is 11.0. The van der Waals surface area contributed by atoms with Crippen LogP contribution in [0.1, 0.15) is 27.2 Å². The Labute approximate surface area is 154 Å². The van der Waals surface area contributed by atoms with E-state index in [1.807, 2.05) is 55.5 Å². The van der Waals surface area contributed by atoms with E-state index in [-0.39, 0.29) is 5.91 Å². The van der Waals surface area contributed by atoms with Crippen LogP contribution in [0.4, 0.5) is 0 Å². The Morgan fingerprint density at radius 3 is 2.88 bits per heavy atom. The SMILES string of the molecule is Cc1ccccc1C=NNC(=O)c1ccn(Cc2cccc(Br)c2)n1. The van der Waals surface area contributed by atoms with Crippen LogP contribution >= 0.6 is 15.9 Å². The molecule has 0 bridgehead atoms. The second-order valence-corrected chi connectivity index (χ2v) is 6.50. The fourth-order valence-electron chi connectivity index (χ4n) is 2.34. The van der Waals surface area contributed by atoms with Gasteiger partial charge in [-0.1, -0.05) is 52.3 Å². The molecule has 0 unspecified atom stereocenters. The minimum Gasteiger partial charge on any atom is -0.268 e. The second kappa shape index (κ2) is 7.90. The van der Waals surface area contributed by atoms with Crippen molar-refractivity contribution in [3.63, 3.8) is 0 Å². The molecule has 0 aliphatic carbocycles. The Kier molecular flexibility index (Phi) is 5.40. The lowest BCUT2D eigenvalue weighted by Gasteiger charge is -2.02. The van der Waals surface area contributed by atoms with Crippen molar-refractivity contribution in [2.45, 2.75) is 13.5 Å². The van der Waals surface area contributed by atoms with Gasteiger partial charge in [0.05, 0.1) is 12.8 Å². The zero-order valence-corrected chi connectivity index (χ0v) is 15.3. The number of amides is 1. The van der Waals surface area contributed by atoms with Gasteiger partial charge in [-0.3, -0.25) is 9.48 Å². The lowest BCUT2D eigenvalue weighted by Crippen LogP contribution is -2.18. The lowest BCUT2D eigenvalue weighted by atomic mass is 10.1. The van der Waals surface area contributed by atoms with E-state index in [1.165, 1.54) is 0 Å². The van der Waals surface area contributed by atoms with Crippen LogP contribution in [0.2, 0.25) is 0 Å². The number of carbonyl (C=O) groups is 1. The monoisotopic (exact) mass is 396 g/mol. The van der Waals surface area contributed by atoms with Crippen LogP contribution in [-0.2, 0) is 6.54 Å². The molecule has 0 radical (unpaired) electrons. The molecule has 0 spiro atoms. The van der Waals surface area contributed by atoms with Gasteiger partial charge in [0.15, 0.2) is 5.69 Å². The van der Waals surface area contributed by atoms with Crippen LogP contribution in [0, 0.1) is 6.92 Å². The maximum Gasteiger partial charge on any atom is 0.291 e. The molecule has 1 N–H and O–H groups in total. The third-order valence-corrected chi connectivity index (χ3v) is 4.16. The minimum atomic E-state index is -0.335. The molecule has 0 saturated carbocycles. The number of aryl methyl sites for hydroxylation is 1. The Bertz CT molecular complexity index is 917. The first-order valence-electron chi connectivity index (χ1n) is 7.79. The first-order valence-corrected chi connectivity index (χ1v) is 8.58. The van der Waals surface area contributed by atoms with Crippen LogP contribution in [0.5, 0.6) is 0 Å². The topological polar surface area (TPSA) is 59.3 Å². The molecule has 1 heterocycles.